The first kappa shape index (κ1) is 25.1. The number of carbonyl (C=O) groups excluding carboxylic acids is 2. The van der Waals surface area contributed by atoms with E-state index < -0.39 is 0 Å². The third-order valence-electron chi connectivity index (χ3n) is 7.27. The van der Waals surface area contributed by atoms with Crippen LogP contribution in [0.3, 0.4) is 0 Å². The summed E-state index contributed by atoms with van der Waals surface area (Å²) >= 11 is 0. The molecule has 5 rings (SSSR count). The molecule has 37 heavy (non-hydrogen) atoms. The van der Waals surface area contributed by atoms with E-state index >= 15 is 0 Å². The number of rotatable bonds is 6. The Morgan fingerprint density at radius 2 is 1.41 bits per heavy atom. The van der Waals surface area contributed by atoms with Crippen LogP contribution < -0.4 is 0 Å². The molecule has 2 heterocycles. The van der Waals surface area contributed by atoms with Crippen LogP contribution in [0.4, 0.5) is 9.59 Å². The quantitative estimate of drug-likeness (QED) is 0.468. The van der Waals surface area contributed by atoms with Gasteiger partial charge in [-0.3, -0.25) is 4.90 Å². The summed E-state index contributed by atoms with van der Waals surface area (Å²) in [6, 6.07) is 24.7. The number of benzene rings is 3. The van der Waals surface area contributed by atoms with E-state index in [2.05, 4.69) is 47.4 Å². The van der Waals surface area contributed by atoms with E-state index in [0.29, 0.717) is 38.7 Å². The van der Waals surface area contributed by atoms with Gasteiger partial charge in [0.05, 0.1) is 6.61 Å². The smallest absolute Gasteiger partial charge is 0.410 e. The van der Waals surface area contributed by atoms with Gasteiger partial charge in [0.25, 0.3) is 0 Å². The molecule has 7 nitrogen and oxygen atoms in total. The lowest BCUT2D eigenvalue weighted by Gasteiger charge is -2.35. The average molecular weight is 502 g/mol. The van der Waals surface area contributed by atoms with Gasteiger partial charge in [-0.1, -0.05) is 66.7 Å². The van der Waals surface area contributed by atoms with Crippen LogP contribution in [-0.2, 0) is 22.6 Å². The molecule has 0 aliphatic carbocycles. The van der Waals surface area contributed by atoms with Gasteiger partial charge in [0.15, 0.2) is 0 Å². The Labute approximate surface area is 218 Å². The van der Waals surface area contributed by atoms with Gasteiger partial charge in [0.2, 0.25) is 0 Å². The summed E-state index contributed by atoms with van der Waals surface area (Å²) in [5.41, 5.74) is 2.27. The molecule has 194 valence electrons. The highest BCUT2D eigenvalue weighted by molar-refractivity contribution is 5.83. The molecule has 0 radical (unpaired) electrons. The lowest BCUT2D eigenvalue weighted by Crippen LogP contribution is -2.51. The first-order chi connectivity index (χ1) is 18.1. The fraction of sp³-hybridized carbons (Fsp3) is 0.400. The summed E-state index contributed by atoms with van der Waals surface area (Å²) < 4.78 is 11.1. The number of carbonyl (C=O) groups is 2. The van der Waals surface area contributed by atoms with Crippen molar-refractivity contribution >= 4 is 23.0 Å². The normalized spacial score (nSPS) is 18.5. The zero-order chi connectivity index (χ0) is 25.5. The second kappa shape index (κ2) is 12.1. The van der Waals surface area contributed by atoms with E-state index in [9.17, 15) is 9.59 Å². The highest BCUT2D eigenvalue weighted by Gasteiger charge is 2.27. The molecule has 2 fully saturated rings. The van der Waals surface area contributed by atoms with Gasteiger partial charge >= 0.3 is 12.2 Å². The Hall–Kier alpha value is -3.58. The topological polar surface area (TPSA) is 62.3 Å². The Morgan fingerprint density at radius 3 is 2.16 bits per heavy atom. The standard InChI is InChI=1S/C30H35N3O4/c34-29(36-22-24-7-2-1-3-8-24)32-15-17-33(18-16-32)30(35)37-23-26-9-6-14-31(21-26)20-25-12-13-27-10-4-5-11-28(27)19-25/h1-5,7-8,10-13,19,26H,6,9,14-18,20-23H2. The fourth-order valence-corrected chi connectivity index (χ4v) is 5.19. The van der Waals surface area contributed by atoms with Gasteiger partial charge < -0.3 is 19.3 Å². The lowest BCUT2D eigenvalue weighted by molar-refractivity contribution is 0.0432. The van der Waals surface area contributed by atoms with Crippen molar-refractivity contribution in [2.24, 2.45) is 5.92 Å². The maximum Gasteiger partial charge on any atom is 0.410 e. The number of ether oxygens (including phenoxy) is 2. The van der Waals surface area contributed by atoms with E-state index in [-0.39, 0.29) is 18.8 Å². The monoisotopic (exact) mass is 501 g/mol. The second-order valence-electron chi connectivity index (χ2n) is 10.0. The Bertz CT molecular complexity index is 1190. The molecule has 0 N–H and O–H groups in total. The summed E-state index contributed by atoms with van der Waals surface area (Å²) in [6.07, 6.45) is 1.55. The van der Waals surface area contributed by atoms with Gasteiger partial charge in [0.1, 0.15) is 6.61 Å². The SMILES string of the molecule is O=C(OCc1ccccc1)N1CCN(C(=O)OCC2CCCN(Cc3ccc4ccccc4c3)C2)CC1. The van der Waals surface area contributed by atoms with Crippen LogP contribution >= 0.6 is 0 Å². The van der Waals surface area contributed by atoms with Crippen LogP contribution in [-0.4, -0.2) is 72.8 Å². The van der Waals surface area contributed by atoms with Crippen molar-refractivity contribution in [1.29, 1.82) is 0 Å². The first-order valence-corrected chi connectivity index (χ1v) is 13.2. The van der Waals surface area contributed by atoms with E-state index in [4.69, 9.17) is 9.47 Å². The number of nitrogens with zero attached hydrogens (tertiary/aromatic N) is 3. The number of piperazine rings is 1. The lowest BCUT2D eigenvalue weighted by atomic mass is 9.98. The van der Waals surface area contributed by atoms with Gasteiger partial charge in [-0.05, 0) is 47.4 Å². The highest BCUT2D eigenvalue weighted by atomic mass is 16.6. The Kier molecular flexibility index (Phi) is 8.21. The summed E-state index contributed by atoms with van der Waals surface area (Å²) in [4.78, 5) is 30.9. The molecule has 0 spiro atoms. The van der Waals surface area contributed by atoms with Gasteiger partial charge in [0, 0.05) is 45.2 Å². The molecule has 1 atom stereocenters. The highest BCUT2D eigenvalue weighted by Crippen LogP contribution is 2.22. The Balaban J connectivity index is 1.03. The molecule has 0 bridgehead atoms. The van der Waals surface area contributed by atoms with Gasteiger partial charge in [-0.15, -0.1) is 0 Å². The molecule has 2 saturated heterocycles. The van der Waals surface area contributed by atoms with Crippen LogP contribution in [0.1, 0.15) is 24.0 Å². The van der Waals surface area contributed by atoms with Crippen molar-refractivity contribution in [3.05, 3.63) is 83.9 Å². The van der Waals surface area contributed by atoms with Crippen molar-refractivity contribution in [2.45, 2.75) is 26.0 Å². The number of amides is 2. The third-order valence-corrected chi connectivity index (χ3v) is 7.27. The molecule has 1 unspecified atom stereocenters. The summed E-state index contributed by atoms with van der Waals surface area (Å²) in [5, 5.41) is 2.53. The fourth-order valence-electron chi connectivity index (χ4n) is 5.19. The van der Waals surface area contributed by atoms with Crippen molar-refractivity contribution in [2.75, 3.05) is 45.9 Å². The molecule has 2 aliphatic heterocycles. The molecule has 3 aromatic carbocycles. The number of fused-ring (bicyclic) bond motifs is 1. The zero-order valence-electron chi connectivity index (χ0n) is 21.3. The van der Waals surface area contributed by atoms with Crippen LogP contribution in [0.2, 0.25) is 0 Å². The van der Waals surface area contributed by atoms with Crippen molar-refractivity contribution in [3.8, 4) is 0 Å². The predicted octanol–water partition coefficient (Wildman–Crippen LogP) is 5.14. The maximum atomic E-state index is 12.7. The van der Waals surface area contributed by atoms with Crippen molar-refractivity contribution in [3.63, 3.8) is 0 Å². The van der Waals surface area contributed by atoms with Gasteiger partial charge in [-0.25, -0.2) is 9.59 Å². The van der Waals surface area contributed by atoms with Crippen molar-refractivity contribution in [1.82, 2.24) is 14.7 Å². The molecule has 3 aromatic rings. The summed E-state index contributed by atoms with van der Waals surface area (Å²) in [6.45, 7) is 5.42. The Morgan fingerprint density at radius 1 is 0.730 bits per heavy atom. The first-order valence-electron chi connectivity index (χ1n) is 13.2. The maximum absolute atomic E-state index is 12.7. The minimum Gasteiger partial charge on any atom is -0.449 e. The zero-order valence-corrected chi connectivity index (χ0v) is 21.3. The molecule has 0 aromatic heterocycles. The number of hydrogen-bond acceptors (Lipinski definition) is 5. The van der Waals surface area contributed by atoms with E-state index in [0.717, 1.165) is 38.0 Å². The third kappa shape index (κ3) is 6.80. The van der Waals surface area contributed by atoms with Crippen LogP contribution in [0.15, 0.2) is 72.8 Å². The van der Waals surface area contributed by atoms with Crippen LogP contribution in [0.25, 0.3) is 10.8 Å². The largest absolute Gasteiger partial charge is 0.449 e. The molecular formula is C30H35N3O4. The minimum absolute atomic E-state index is 0.251. The van der Waals surface area contributed by atoms with Crippen molar-refractivity contribution < 1.29 is 19.1 Å². The second-order valence-corrected chi connectivity index (χ2v) is 10.0. The molecule has 2 amide bonds. The molecule has 7 heteroatoms. The molecular weight excluding hydrogens is 466 g/mol. The summed E-state index contributed by atoms with van der Waals surface area (Å²) in [7, 11) is 0. The number of piperidine rings is 1. The number of likely N-dealkylation sites (tertiary alicyclic amines) is 1. The van der Waals surface area contributed by atoms with E-state index in [1.54, 1.807) is 9.80 Å². The molecule has 0 saturated carbocycles. The number of hydrogen-bond donors (Lipinski definition) is 0. The van der Waals surface area contributed by atoms with E-state index in [1.807, 2.05) is 30.3 Å². The predicted molar refractivity (Wildman–Crippen MR) is 143 cm³/mol. The van der Waals surface area contributed by atoms with Crippen LogP contribution in [0.5, 0.6) is 0 Å². The summed E-state index contributed by atoms with van der Waals surface area (Å²) in [5.74, 6) is 0.340. The minimum atomic E-state index is -0.342. The average Bonchev–Trinajstić information content (AvgIpc) is 2.95. The van der Waals surface area contributed by atoms with E-state index in [1.165, 1.54) is 16.3 Å². The molecule has 2 aliphatic rings. The van der Waals surface area contributed by atoms with Gasteiger partial charge in [-0.2, -0.15) is 0 Å². The van der Waals surface area contributed by atoms with Crippen LogP contribution in [0, 0.1) is 5.92 Å².